The molecule has 0 nitrogen and oxygen atoms in total. The Morgan fingerprint density at radius 2 is 1.50 bits per heavy atom. The molecule has 0 N–H and O–H groups in total. The lowest BCUT2D eigenvalue weighted by Crippen LogP contribution is -1.81. The van der Waals surface area contributed by atoms with E-state index < -0.39 is 0 Å². The summed E-state index contributed by atoms with van der Waals surface area (Å²) in [6.07, 6.45) is 8.27. The molecule has 0 atom stereocenters. The van der Waals surface area contributed by atoms with E-state index in [-0.39, 0.29) is 0 Å². The molecule has 0 unspecified atom stereocenters. The van der Waals surface area contributed by atoms with Crippen molar-refractivity contribution in [1.29, 1.82) is 0 Å². The van der Waals surface area contributed by atoms with Crippen molar-refractivity contribution in [2.45, 2.75) is 27.7 Å². The van der Waals surface area contributed by atoms with Crippen LogP contribution in [0.2, 0.25) is 0 Å². The van der Waals surface area contributed by atoms with E-state index in [1.165, 1.54) is 11.1 Å². The molecule has 14 heavy (non-hydrogen) atoms. The van der Waals surface area contributed by atoms with Gasteiger partial charge in [0.2, 0.25) is 0 Å². The first-order valence-corrected chi connectivity index (χ1v) is 4.81. The van der Waals surface area contributed by atoms with Crippen molar-refractivity contribution in [3.05, 3.63) is 59.8 Å². The largest absolute Gasteiger partial charge is 0.0961 e. The summed E-state index contributed by atoms with van der Waals surface area (Å²) in [5, 5.41) is 0. The second-order valence-electron chi connectivity index (χ2n) is 3.60. The van der Waals surface area contributed by atoms with Gasteiger partial charge in [-0.3, -0.25) is 0 Å². The summed E-state index contributed by atoms with van der Waals surface area (Å²) in [6.45, 7) is 15.8. The highest BCUT2D eigenvalue weighted by Crippen LogP contribution is 2.13. The van der Waals surface area contributed by atoms with Crippen molar-refractivity contribution in [2.24, 2.45) is 0 Å². The number of hydrogen-bond acceptors (Lipinski definition) is 0. The summed E-state index contributed by atoms with van der Waals surface area (Å²) in [5.74, 6) is 0. The van der Waals surface area contributed by atoms with E-state index in [9.17, 15) is 0 Å². The van der Waals surface area contributed by atoms with Crippen LogP contribution >= 0.6 is 0 Å². The van der Waals surface area contributed by atoms with Crippen molar-refractivity contribution in [2.75, 3.05) is 0 Å². The molecule has 0 saturated heterocycles. The lowest BCUT2D eigenvalue weighted by Gasteiger charge is -2.02. The predicted molar refractivity (Wildman–Crippen MR) is 66.3 cm³/mol. The van der Waals surface area contributed by atoms with Crippen molar-refractivity contribution in [3.63, 3.8) is 0 Å². The van der Waals surface area contributed by atoms with E-state index in [1.807, 2.05) is 26.8 Å². The van der Waals surface area contributed by atoms with Crippen LogP contribution in [0.5, 0.6) is 0 Å². The zero-order valence-electron chi connectivity index (χ0n) is 9.72. The van der Waals surface area contributed by atoms with Crippen LogP contribution in [0.1, 0.15) is 27.7 Å². The first-order valence-electron chi connectivity index (χ1n) is 4.81. The Kier molecular flexibility index (Phi) is 5.62. The SMILES string of the molecule is C=C(C)\C=C/C(=C/C)C(/C)=C\C(=C)C. The molecule has 0 aliphatic carbocycles. The van der Waals surface area contributed by atoms with Gasteiger partial charge in [-0.15, -0.1) is 0 Å². The fourth-order valence-corrected chi connectivity index (χ4v) is 1.14. The number of hydrogen-bond donors (Lipinski definition) is 0. The van der Waals surface area contributed by atoms with Gasteiger partial charge in [-0.2, -0.15) is 0 Å². The molecular weight excluding hydrogens is 168 g/mol. The zero-order valence-corrected chi connectivity index (χ0v) is 9.72. The maximum absolute atomic E-state index is 3.86. The molecule has 0 aliphatic heterocycles. The molecule has 0 heterocycles. The van der Waals surface area contributed by atoms with Crippen molar-refractivity contribution in [3.8, 4) is 0 Å². The van der Waals surface area contributed by atoms with Gasteiger partial charge in [-0.1, -0.05) is 48.6 Å². The third-order valence-corrected chi connectivity index (χ3v) is 1.78. The molecule has 0 saturated carbocycles. The fraction of sp³-hybridized carbons (Fsp3) is 0.286. The van der Waals surface area contributed by atoms with Gasteiger partial charge in [-0.25, -0.2) is 0 Å². The molecule has 0 heteroatoms. The van der Waals surface area contributed by atoms with E-state index in [2.05, 4.69) is 38.3 Å². The van der Waals surface area contributed by atoms with E-state index in [4.69, 9.17) is 0 Å². The molecule has 0 radical (unpaired) electrons. The van der Waals surface area contributed by atoms with E-state index in [0.717, 1.165) is 11.1 Å². The van der Waals surface area contributed by atoms with Gasteiger partial charge in [0.1, 0.15) is 0 Å². The molecule has 0 aliphatic rings. The monoisotopic (exact) mass is 188 g/mol. The molecule has 76 valence electrons. The lowest BCUT2D eigenvalue weighted by atomic mass is 10.0. The Bertz CT molecular complexity index is 309. The summed E-state index contributed by atoms with van der Waals surface area (Å²) in [7, 11) is 0. The minimum Gasteiger partial charge on any atom is -0.0961 e. The van der Waals surface area contributed by atoms with Crippen LogP contribution in [-0.4, -0.2) is 0 Å². The first-order chi connectivity index (χ1) is 6.47. The lowest BCUT2D eigenvalue weighted by molar-refractivity contribution is 1.37. The summed E-state index contributed by atoms with van der Waals surface area (Å²) in [6, 6.07) is 0. The van der Waals surface area contributed by atoms with Gasteiger partial charge in [-0.05, 0) is 38.8 Å². The van der Waals surface area contributed by atoms with Crippen LogP contribution in [-0.2, 0) is 0 Å². The maximum Gasteiger partial charge on any atom is -0.0270 e. The highest BCUT2D eigenvalue weighted by molar-refractivity contribution is 5.42. The van der Waals surface area contributed by atoms with Gasteiger partial charge in [0.25, 0.3) is 0 Å². The minimum absolute atomic E-state index is 1.06. The van der Waals surface area contributed by atoms with Crippen LogP contribution in [0.4, 0.5) is 0 Å². The third kappa shape index (κ3) is 5.36. The van der Waals surface area contributed by atoms with Crippen molar-refractivity contribution < 1.29 is 0 Å². The van der Waals surface area contributed by atoms with Crippen molar-refractivity contribution in [1.82, 2.24) is 0 Å². The van der Waals surface area contributed by atoms with Crippen LogP contribution in [0.3, 0.4) is 0 Å². The van der Waals surface area contributed by atoms with Crippen LogP contribution < -0.4 is 0 Å². The summed E-state index contributed by atoms with van der Waals surface area (Å²) in [5.41, 5.74) is 4.59. The van der Waals surface area contributed by atoms with Crippen LogP contribution in [0, 0.1) is 0 Å². The average Bonchev–Trinajstić information content (AvgIpc) is 2.03. The molecular formula is C14H20. The van der Waals surface area contributed by atoms with Gasteiger partial charge in [0, 0.05) is 0 Å². The smallest absolute Gasteiger partial charge is 0.0270 e. The van der Waals surface area contributed by atoms with Gasteiger partial charge in [0.05, 0.1) is 0 Å². The molecule has 0 aromatic carbocycles. The molecule has 0 aromatic heterocycles. The topological polar surface area (TPSA) is 0 Å². The predicted octanol–water partition coefficient (Wildman–Crippen LogP) is 4.59. The first kappa shape index (κ1) is 12.7. The summed E-state index contributed by atoms with van der Waals surface area (Å²) in [4.78, 5) is 0. The normalized spacial score (nSPS) is 13.4. The maximum atomic E-state index is 3.86. The fourth-order valence-electron chi connectivity index (χ4n) is 1.14. The highest BCUT2D eigenvalue weighted by atomic mass is 14.0. The molecule has 0 fully saturated rings. The minimum atomic E-state index is 1.06. The van der Waals surface area contributed by atoms with E-state index in [1.54, 1.807) is 0 Å². The zero-order chi connectivity index (χ0) is 11.1. The second-order valence-corrected chi connectivity index (χ2v) is 3.60. The molecule has 0 aromatic rings. The molecule has 0 bridgehead atoms. The molecule has 0 spiro atoms. The Morgan fingerprint density at radius 1 is 0.929 bits per heavy atom. The highest BCUT2D eigenvalue weighted by Gasteiger charge is 1.93. The van der Waals surface area contributed by atoms with Gasteiger partial charge < -0.3 is 0 Å². The Balaban J connectivity index is 4.76. The Labute approximate surface area is 88.0 Å². The van der Waals surface area contributed by atoms with Crippen LogP contribution in [0.15, 0.2) is 59.8 Å². The van der Waals surface area contributed by atoms with Crippen LogP contribution in [0.25, 0.3) is 0 Å². The Morgan fingerprint density at radius 3 is 1.86 bits per heavy atom. The summed E-state index contributed by atoms with van der Waals surface area (Å²) >= 11 is 0. The van der Waals surface area contributed by atoms with E-state index in [0.29, 0.717) is 0 Å². The standard InChI is InChI=1S/C14H20/c1-7-14(9-8-11(2)3)13(6)10-12(4)5/h7-10H,2,4H2,1,3,5-6H3/b9-8-,13-10-,14-7-. The Hall–Kier alpha value is -1.30. The second kappa shape index (κ2) is 6.20. The third-order valence-electron chi connectivity index (χ3n) is 1.78. The average molecular weight is 188 g/mol. The van der Waals surface area contributed by atoms with Gasteiger partial charge in [0.15, 0.2) is 0 Å². The number of allylic oxidation sites excluding steroid dienone is 8. The number of rotatable bonds is 4. The molecule has 0 amide bonds. The summed E-state index contributed by atoms with van der Waals surface area (Å²) < 4.78 is 0. The van der Waals surface area contributed by atoms with E-state index >= 15 is 0 Å². The van der Waals surface area contributed by atoms with Gasteiger partial charge >= 0.3 is 0 Å². The quantitative estimate of drug-likeness (QED) is 0.566. The molecule has 0 rings (SSSR count). The van der Waals surface area contributed by atoms with Crippen molar-refractivity contribution >= 4 is 0 Å².